The molecule has 3 rings (SSSR count). The van der Waals surface area contributed by atoms with Crippen LogP contribution in [0.15, 0.2) is 43.1 Å². The van der Waals surface area contributed by atoms with Crippen molar-refractivity contribution in [1.29, 1.82) is 0 Å². The molecule has 1 aromatic carbocycles. The van der Waals surface area contributed by atoms with Gasteiger partial charge in [-0.05, 0) is 37.1 Å². The van der Waals surface area contributed by atoms with Gasteiger partial charge in [-0.25, -0.2) is 4.98 Å². The molecular weight excluding hydrogens is 298 g/mol. The second kappa shape index (κ2) is 7.34. The molecule has 126 valence electrons. The van der Waals surface area contributed by atoms with E-state index in [9.17, 15) is 0 Å². The topological polar surface area (TPSA) is 44.3 Å². The molecule has 5 nitrogen and oxygen atoms in total. The van der Waals surface area contributed by atoms with Gasteiger partial charge in [0, 0.05) is 44.6 Å². The monoisotopic (exact) mass is 323 g/mol. The molecule has 0 atom stereocenters. The van der Waals surface area contributed by atoms with E-state index >= 15 is 0 Å². The second-order valence-electron chi connectivity index (χ2n) is 6.10. The van der Waals surface area contributed by atoms with Crippen LogP contribution in [0.25, 0.3) is 0 Å². The first kappa shape index (κ1) is 16.3. The van der Waals surface area contributed by atoms with E-state index in [1.807, 2.05) is 18.3 Å². The lowest BCUT2D eigenvalue weighted by Crippen LogP contribution is -2.47. The first-order valence-corrected chi connectivity index (χ1v) is 8.43. The summed E-state index contributed by atoms with van der Waals surface area (Å²) in [6.45, 7) is 12.6. The van der Waals surface area contributed by atoms with Gasteiger partial charge in [0.05, 0.1) is 0 Å². The van der Waals surface area contributed by atoms with Gasteiger partial charge in [-0.3, -0.25) is 0 Å². The van der Waals surface area contributed by atoms with Gasteiger partial charge in [0.15, 0.2) is 0 Å². The van der Waals surface area contributed by atoms with Crippen molar-refractivity contribution in [2.75, 3.05) is 47.8 Å². The van der Waals surface area contributed by atoms with Gasteiger partial charge in [-0.15, -0.1) is 6.58 Å². The molecule has 2 aromatic rings. The zero-order valence-corrected chi connectivity index (χ0v) is 14.5. The lowest BCUT2D eigenvalue weighted by Gasteiger charge is -2.37. The van der Waals surface area contributed by atoms with E-state index in [2.05, 4.69) is 63.7 Å². The smallest absolute Gasteiger partial charge is 0.227 e. The van der Waals surface area contributed by atoms with Crippen LogP contribution in [0.2, 0.25) is 0 Å². The minimum Gasteiger partial charge on any atom is -0.368 e. The number of rotatable bonds is 5. The maximum Gasteiger partial charge on any atom is 0.227 e. The van der Waals surface area contributed by atoms with E-state index in [0.717, 1.165) is 37.9 Å². The molecule has 0 saturated carbocycles. The Bertz CT molecular complexity index is 705. The standard InChI is InChI=1S/C19H25N5/c1-4-9-20-18-8-10-21-19(22-18)24-13-11-23(12-14-24)17-7-5-6-15(2)16(17)3/h4-8,10H,1,9,11-14H2,2-3H3,(H,20,21,22). The summed E-state index contributed by atoms with van der Waals surface area (Å²) < 4.78 is 0. The fraction of sp³-hybridized carbons (Fsp3) is 0.368. The SMILES string of the molecule is C=CCNc1ccnc(N2CCN(c3cccc(C)c3C)CC2)n1. The number of hydrogen-bond acceptors (Lipinski definition) is 5. The Balaban J connectivity index is 1.67. The summed E-state index contributed by atoms with van der Waals surface area (Å²) in [5.41, 5.74) is 4.06. The number of anilines is 3. The fourth-order valence-corrected chi connectivity index (χ4v) is 3.00. The minimum absolute atomic E-state index is 0.705. The van der Waals surface area contributed by atoms with Crippen LogP contribution in [0.1, 0.15) is 11.1 Å². The van der Waals surface area contributed by atoms with Gasteiger partial charge < -0.3 is 15.1 Å². The predicted octanol–water partition coefficient (Wildman–Crippen LogP) is 3.02. The summed E-state index contributed by atoms with van der Waals surface area (Å²) >= 11 is 0. The van der Waals surface area contributed by atoms with E-state index in [0.29, 0.717) is 6.54 Å². The van der Waals surface area contributed by atoms with Crippen LogP contribution in [0, 0.1) is 13.8 Å². The molecule has 1 saturated heterocycles. The van der Waals surface area contributed by atoms with E-state index in [1.54, 1.807) is 0 Å². The molecule has 0 spiro atoms. The number of benzene rings is 1. The van der Waals surface area contributed by atoms with Crippen LogP contribution >= 0.6 is 0 Å². The average molecular weight is 323 g/mol. The van der Waals surface area contributed by atoms with Gasteiger partial charge in [0.25, 0.3) is 0 Å². The molecule has 5 heteroatoms. The summed E-state index contributed by atoms with van der Waals surface area (Å²) in [4.78, 5) is 13.7. The van der Waals surface area contributed by atoms with Gasteiger partial charge in [-0.1, -0.05) is 18.2 Å². The summed E-state index contributed by atoms with van der Waals surface area (Å²) in [5.74, 6) is 1.64. The molecule has 1 aliphatic heterocycles. The molecule has 24 heavy (non-hydrogen) atoms. The molecule has 1 N–H and O–H groups in total. The van der Waals surface area contributed by atoms with Crippen molar-refractivity contribution in [3.05, 3.63) is 54.2 Å². The van der Waals surface area contributed by atoms with Crippen molar-refractivity contribution in [2.45, 2.75) is 13.8 Å². The highest BCUT2D eigenvalue weighted by Gasteiger charge is 2.20. The Morgan fingerprint density at radius 1 is 1.12 bits per heavy atom. The van der Waals surface area contributed by atoms with Crippen molar-refractivity contribution >= 4 is 17.5 Å². The molecular formula is C19H25N5. The molecule has 0 unspecified atom stereocenters. The number of nitrogens with zero attached hydrogens (tertiary/aromatic N) is 4. The third-order valence-electron chi connectivity index (χ3n) is 4.55. The number of aromatic nitrogens is 2. The quantitative estimate of drug-likeness (QED) is 0.857. The molecule has 1 aliphatic rings. The molecule has 0 aliphatic carbocycles. The fourth-order valence-electron chi connectivity index (χ4n) is 3.00. The van der Waals surface area contributed by atoms with Crippen molar-refractivity contribution in [2.24, 2.45) is 0 Å². The van der Waals surface area contributed by atoms with Gasteiger partial charge >= 0.3 is 0 Å². The van der Waals surface area contributed by atoms with E-state index < -0.39 is 0 Å². The van der Waals surface area contributed by atoms with Crippen LogP contribution in [0.3, 0.4) is 0 Å². The maximum atomic E-state index is 4.60. The summed E-state index contributed by atoms with van der Waals surface area (Å²) in [5, 5.41) is 3.22. The molecule has 1 fully saturated rings. The first-order valence-electron chi connectivity index (χ1n) is 8.43. The van der Waals surface area contributed by atoms with Crippen LogP contribution in [0.5, 0.6) is 0 Å². The van der Waals surface area contributed by atoms with Crippen molar-refractivity contribution in [3.63, 3.8) is 0 Å². The number of piperazine rings is 1. The largest absolute Gasteiger partial charge is 0.368 e. The Hall–Kier alpha value is -2.56. The molecule has 1 aromatic heterocycles. The molecule has 0 bridgehead atoms. The van der Waals surface area contributed by atoms with Gasteiger partial charge in [0.1, 0.15) is 5.82 Å². The third-order valence-corrected chi connectivity index (χ3v) is 4.55. The molecule has 0 radical (unpaired) electrons. The van der Waals surface area contributed by atoms with E-state index in [4.69, 9.17) is 0 Å². The minimum atomic E-state index is 0.705. The van der Waals surface area contributed by atoms with Crippen molar-refractivity contribution in [3.8, 4) is 0 Å². The second-order valence-corrected chi connectivity index (χ2v) is 6.10. The van der Waals surface area contributed by atoms with E-state index in [-0.39, 0.29) is 0 Å². The van der Waals surface area contributed by atoms with Crippen molar-refractivity contribution in [1.82, 2.24) is 9.97 Å². The lowest BCUT2D eigenvalue weighted by atomic mass is 10.1. The van der Waals surface area contributed by atoms with Crippen LogP contribution < -0.4 is 15.1 Å². The normalized spacial score (nSPS) is 14.6. The molecule has 0 amide bonds. The Morgan fingerprint density at radius 3 is 2.62 bits per heavy atom. The predicted molar refractivity (Wildman–Crippen MR) is 101 cm³/mol. The van der Waals surface area contributed by atoms with Crippen LogP contribution in [-0.4, -0.2) is 42.7 Å². The van der Waals surface area contributed by atoms with Gasteiger partial charge in [0.2, 0.25) is 5.95 Å². The summed E-state index contributed by atoms with van der Waals surface area (Å²) in [6.07, 6.45) is 3.63. The number of aryl methyl sites for hydroxylation is 1. The Morgan fingerprint density at radius 2 is 1.88 bits per heavy atom. The summed E-state index contributed by atoms with van der Waals surface area (Å²) in [6, 6.07) is 8.42. The van der Waals surface area contributed by atoms with Crippen LogP contribution in [-0.2, 0) is 0 Å². The Kier molecular flexibility index (Phi) is 4.99. The number of nitrogens with one attached hydrogen (secondary N) is 1. The highest BCUT2D eigenvalue weighted by Crippen LogP contribution is 2.24. The van der Waals surface area contributed by atoms with Gasteiger partial charge in [-0.2, -0.15) is 4.98 Å². The third kappa shape index (κ3) is 3.50. The zero-order chi connectivity index (χ0) is 16.9. The zero-order valence-electron chi connectivity index (χ0n) is 14.5. The maximum absolute atomic E-state index is 4.60. The highest BCUT2D eigenvalue weighted by molar-refractivity contribution is 5.57. The highest BCUT2D eigenvalue weighted by atomic mass is 15.3. The molecule has 2 heterocycles. The average Bonchev–Trinajstić information content (AvgIpc) is 2.63. The Labute approximate surface area is 144 Å². The van der Waals surface area contributed by atoms with E-state index in [1.165, 1.54) is 16.8 Å². The van der Waals surface area contributed by atoms with Crippen molar-refractivity contribution < 1.29 is 0 Å². The van der Waals surface area contributed by atoms with Crippen LogP contribution in [0.4, 0.5) is 17.5 Å². The summed E-state index contributed by atoms with van der Waals surface area (Å²) in [7, 11) is 0. The lowest BCUT2D eigenvalue weighted by molar-refractivity contribution is 0.639. The first-order chi connectivity index (χ1) is 11.7. The number of hydrogen-bond donors (Lipinski definition) is 1.